The van der Waals surface area contributed by atoms with Gasteiger partial charge in [-0.25, -0.2) is 0 Å². The highest BCUT2D eigenvalue weighted by molar-refractivity contribution is 5.81. The van der Waals surface area contributed by atoms with Crippen molar-refractivity contribution in [3.8, 4) is 0 Å². The highest BCUT2D eigenvalue weighted by Crippen LogP contribution is 2.14. The minimum Gasteiger partial charge on any atom is -0.342 e. The number of nitrogens with one attached hydrogen (secondary N) is 1. The largest absolute Gasteiger partial charge is 0.342 e. The van der Waals surface area contributed by atoms with Crippen molar-refractivity contribution in [3.63, 3.8) is 0 Å². The second kappa shape index (κ2) is 8.54. The first kappa shape index (κ1) is 16.4. The summed E-state index contributed by atoms with van der Waals surface area (Å²) in [6.07, 6.45) is 3.60. The predicted molar refractivity (Wildman–Crippen MR) is 80.3 cm³/mol. The van der Waals surface area contributed by atoms with Gasteiger partial charge in [-0.2, -0.15) is 0 Å². The lowest BCUT2D eigenvalue weighted by atomic mass is 10.0. The maximum absolute atomic E-state index is 12.4. The van der Waals surface area contributed by atoms with Crippen LogP contribution >= 0.6 is 0 Å². The molecule has 0 saturated carbocycles. The first-order chi connectivity index (χ1) is 9.13. The molecule has 1 rings (SSSR count). The van der Waals surface area contributed by atoms with Gasteiger partial charge in [0.15, 0.2) is 0 Å². The average molecular weight is 269 g/mol. The third-order valence-corrected chi connectivity index (χ3v) is 4.12. The van der Waals surface area contributed by atoms with Crippen LogP contribution in [0.1, 0.15) is 47.0 Å². The fourth-order valence-electron chi connectivity index (χ4n) is 2.83. The van der Waals surface area contributed by atoms with Gasteiger partial charge in [-0.05, 0) is 53.1 Å². The number of amides is 1. The Morgan fingerprint density at radius 1 is 1.37 bits per heavy atom. The number of carbonyl (C=O) groups excluding carboxylic acids is 1. The molecule has 0 aromatic rings. The van der Waals surface area contributed by atoms with E-state index in [1.54, 1.807) is 0 Å². The van der Waals surface area contributed by atoms with E-state index in [2.05, 4.69) is 37.9 Å². The van der Waals surface area contributed by atoms with Crippen molar-refractivity contribution in [2.45, 2.75) is 59.0 Å². The van der Waals surface area contributed by atoms with Gasteiger partial charge < -0.3 is 10.2 Å². The van der Waals surface area contributed by atoms with Crippen LogP contribution in [0.5, 0.6) is 0 Å². The molecule has 2 unspecified atom stereocenters. The lowest BCUT2D eigenvalue weighted by molar-refractivity contribution is -0.136. The maximum Gasteiger partial charge on any atom is 0.239 e. The van der Waals surface area contributed by atoms with Gasteiger partial charge in [-0.3, -0.25) is 9.69 Å². The molecule has 1 aliphatic rings. The van der Waals surface area contributed by atoms with Gasteiger partial charge in [-0.1, -0.05) is 6.92 Å². The van der Waals surface area contributed by atoms with E-state index in [1.807, 2.05) is 4.90 Å². The molecule has 112 valence electrons. The van der Waals surface area contributed by atoms with E-state index in [9.17, 15) is 4.79 Å². The molecule has 0 radical (unpaired) electrons. The summed E-state index contributed by atoms with van der Waals surface area (Å²) < 4.78 is 0. The average Bonchev–Trinajstić information content (AvgIpc) is 2.45. The number of likely N-dealkylation sites (tertiary alicyclic amines) is 1. The number of likely N-dealkylation sites (N-methyl/N-ethyl adjacent to an activating group) is 1. The van der Waals surface area contributed by atoms with Crippen molar-refractivity contribution in [1.29, 1.82) is 0 Å². The Balaban J connectivity index is 2.51. The Kier molecular flexibility index (Phi) is 7.39. The molecule has 0 aromatic carbocycles. The predicted octanol–water partition coefficient (Wildman–Crippen LogP) is 1.71. The SMILES string of the molecule is CCCNC1CCCN(C(C)C(=O)N(CC)CC)C1. The van der Waals surface area contributed by atoms with Crippen LogP contribution in [0.3, 0.4) is 0 Å². The molecule has 1 fully saturated rings. The minimum atomic E-state index is 0.0196. The van der Waals surface area contributed by atoms with Gasteiger partial charge in [0.25, 0.3) is 0 Å². The minimum absolute atomic E-state index is 0.0196. The molecule has 4 nitrogen and oxygen atoms in total. The van der Waals surface area contributed by atoms with Crippen molar-refractivity contribution in [3.05, 3.63) is 0 Å². The summed E-state index contributed by atoms with van der Waals surface area (Å²) in [7, 11) is 0. The zero-order chi connectivity index (χ0) is 14.3. The fourth-order valence-corrected chi connectivity index (χ4v) is 2.83. The number of hydrogen-bond donors (Lipinski definition) is 1. The van der Waals surface area contributed by atoms with Gasteiger partial charge in [0.2, 0.25) is 5.91 Å². The van der Waals surface area contributed by atoms with Crippen LogP contribution in [0.25, 0.3) is 0 Å². The van der Waals surface area contributed by atoms with Gasteiger partial charge >= 0.3 is 0 Å². The molecule has 0 aromatic heterocycles. The second-order valence-corrected chi connectivity index (χ2v) is 5.47. The van der Waals surface area contributed by atoms with E-state index in [0.29, 0.717) is 6.04 Å². The van der Waals surface area contributed by atoms with Gasteiger partial charge in [-0.15, -0.1) is 0 Å². The molecule has 1 saturated heterocycles. The van der Waals surface area contributed by atoms with Crippen LogP contribution in [0.2, 0.25) is 0 Å². The maximum atomic E-state index is 12.4. The Bertz CT molecular complexity index is 266. The Labute approximate surface area is 118 Å². The van der Waals surface area contributed by atoms with Crippen molar-refractivity contribution in [1.82, 2.24) is 15.1 Å². The number of carbonyl (C=O) groups is 1. The summed E-state index contributed by atoms with van der Waals surface area (Å²) in [6, 6.07) is 0.576. The second-order valence-electron chi connectivity index (χ2n) is 5.47. The van der Waals surface area contributed by atoms with E-state index in [1.165, 1.54) is 19.3 Å². The van der Waals surface area contributed by atoms with Gasteiger partial charge in [0, 0.05) is 25.7 Å². The highest BCUT2D eigenvalue weighted by atomic mass is 16.2. The summed E-state index contributed by atoms with van der Waals surface area (Å²) in [6.45, 7) is 13.1. The van der Waals surface area contributed by atoms with Crippen LogP contribution < -0.4 is 5.32 Å². The monoisotopic (exact) mass is 269 g/mol. The molecule has 4 heteroatoms. The number of rotatable bonds is 7. The highest BCUT2D eigenvalue weighted by Gasteiger charge is 2.28. The molecule has 1 amide bonds. The van der Waals surface area contributed by atoms with Crippen LogP contribution in [0, 0.1) is 0 Å². The number of piperidine rings is 1. The number of nitrogens with zero attached hydrogens (tertiary/aromatic N) is 2. The lowest BCUT2D eigenvalue weighted by Crippen LogP contribution is -2.54. The van der Waals surface area contributed by atoms with Crippen molar-refractivity contribution >= 4 is 5.91 Å². The summed E-state index contributed by atoms with van der Waals surface area (Å²) in [4.78, 5) is 16.7. The van der Waals surface area contributed by atoms with Gasteiger partial charge in [0.1, 0.15) is 0 Å². The summed E-state index contributed by atoms with van der Waals surface area (Å²) in [5.74, 6) is 0.279. The summed E-state index contributed by atoms with van der Waals surface area (Å²) >= 11 is 0. The van der Waals surface area contributed by atoms with Gasteiger partial charge in [0.05, 0.1) is 6.04 Å². The molecule has 1 aliphatic heterocycles. The molecule has 19 heavy (non-hydrogen) atoms. The topological polar surface area (TPSA) is 35.6 Å². The van der Waals surface area contributed by atoms with E-state index in [0.717, 1.165) is 32.7 Å². The first-order valence-electron chi connectivity index (χ1n) is 7.90. The van der Waals surface area contributed by atoms with Crippen LogP contribution in [-0.2, 0) is 4.79 Å². The van der Waals surface area contributed by atoms with Crippen LogP contribution in [0.15, 0.2) is 0 Å². The molecular weight excluding hydrogens is 238 g/mol. The fraction of sp³-hybridized carbons (Fsp3) is 0.933. The van der Waals surface area contributed by atoms with E-state index >= 15 is 0 Å². The third kappa shape index (κ3) is 4.77. The Morgan fingerprint density at radius 2 is 2.05 bits per heavy atom. The van der Waals surface area contributed by atoms with E-state index in [4.69, 9.17) is 0 Å². The van der Waals surface area contributed by atoms with Crippen LogP contribution in [0.4, 0.5) is 0 Å². The third-order valence-electron chi connectivity index (χ3n) is 4.12. The van der Waals surface area contributed by atoms with Crippen molar-refractivity contribution < 1.29 is 4.79 Å². The first-order valence-corrected chi connectivity index (χ1v) is 7.90. The summed E-state index contributed by atoms with van der Waals surface area (Å²) in [5.41, 5.74) is 0. The van der Waals surface area contributed by atoms with E-state index < -0.39 is 0 Å². The normalized spacial score (nSPS) is 22.2. The van der Waals surface area contributed by atoms with E-state index in [-0.39, 0.29) is 11.9 Å². The Hall–Kier alpha value is -0.610. The Morgan fingerprint density at radius 3 is 2.63 bits per heavy atom. The summed E-state index contributed by atoms with van der Waals surface area (Å²) in [5, 5.41) is 3.59. The molecule has 1 heterocycles. The molecule has 0 spiro atoms. The number of hydrogen-bond acceptors (Lipinski definition) is 3. The lowest BCUT2D eigenvalue weighted by Gasteiger charge is -2.38. The zero-order valence-corrected chi connectivity index (χ0v) is 13.1. The van der Waals surface area contributed by atoms with Crippen molar-refractivity contribution in [2.75, 3.05) is 32.7 Å². The zero-order valence-electron chi connectivity index (χ0n) is 13.1. The van der Waals surface area contributed by atoms with Crippen LogP contribution in [-0.4, -0.2) is 60.5 Å². The molecular formula is C15H31N3O. The van der Waals surface area contributed by atoms with Crippen molar-refractivity contribution in [2.24, 2.45) is 0 Å². The molecule has 0 aliphatic carbocycles. The smallest absolute Gasteiger partial charge is 0.239 e. The molecule has 2 atom stereocenters. The molecule has 0 bridgehead atoms. The quantitative estimate of drug-likeness (QED) is 0.764. The molecule has 1 N–H and O–H groups in total. The standard InChI is InChI=1S/C15H31N3O/c1-5-10-16-14-9-8-11-18(12-14)13(4)15(19)17(6-2)7-3/h13-14,16H,5-12H2,1-4H3.